The molecule has 19 heavy (non-hydrogen) atoms. The first-order valence-electron chi connectivity index (χ1n) is 7.51. The van der Waals surface area contributed by atoms with Gasteiger partial charge in [-0.3, -0.25) is 4.90 Å². The van der Waals surface area contributed by atoms with Crippen LogP contribution in [0.1, 0.15) is 31.9 Å². The summed E-state index contributed by atoms with van der Waals surface area (Å²) in [6, 6.07) is 0.777. The number of piperazine rings is 1. The van der Waals surface area contributed by atoms with E-state index >= 15 is 0 Å². The average Bonchev–Trinajstić information content (AvgIpc) is 3.06. The third-order valence-corrected chi connectivity index (χ3v) is 5.08. The molecule has 0 aromatic carbocycles. The third-order valence-electron chi connectivity index (χ3n) is 4.13. The summed E-state index contributed by atoms with van der Waals surface area (Å²) in [6.45, 7) is 9.03. The molecule has 0 spiro atoms. The van der Waals surface area contributed by atoms with Crippen LogP contribution in [0.4, 0.5) is 5.13 Å². The molecule has 0 saturated carbocycles. The highest BCUT2D eigenvalue weighted by molar-refractivity contribution is 7.13. The minimum absolute atomic E-state index is 0.777. The lowest BCUT2D eigenvalue weighted by Crippen LogP contribution is -2.50. The fraction of sp³-hybridized carbons (Fsp3) is 0.786. The maximum Gasteiger partial charge on any atom is 0.185 e. The van der Waals surface area contributed by atoms with Crippen LogP contribution in [-0.2, 0) is 6.54 Å². The summed E-state index contributed by atoms with van der Waals surface area (Å²) in [6.07, 6.45) is 3.93. The van der Waals surface area contributed by atoms with E-state index in [9.17, 15) is 0 Å². The molecule has 0 bridgehead atoms. The van der Waals surface area contributed by atoms with Gasteiger partial charge in [0.15, 0.2) is 5.13 Å². The van der Waals surface area contributed by atoms with Gasteiger partial charge in [-0.05, 0) is 32.4 Å². The monoisotopic (exact) mass is 280 g/mol. The van der Waals surface area contributed by atoms with Crippen molar-refractivity contribution in [2.45, 2.75) is 38.8 Å². The molecule has 4 nitrogen and oxygen atoms in total. The van der Waals surface area contributed by atoms with E-state index in [4.69, 9.17) is 4.98 Å². The number of anilines is 1. The van der Waals surface area contributed by atoms with Crippen LogP contribution in [0.15, 0.2) is 5.38 Å². The molecular formula is C14H24N4S. The van der Waals surface area contributed by atoms with Crippen LogP contribution in [-0.4, -0.2) is 48.6 Å². The number of nitrogens with one attached hydrogen (secondary N) is 1. The van der Waals surface area contributed by atoms with Gasteiger partial charge in [0.25, 0.3) is 0 Å². The van der Waals surface area contributed by atoms with Gasteiger partial charge in [-0.15, -0.1) is 11.3 Å². The maximum absolute atomic E-state index is 4.78. The summed E-state index contributed by atoms with van der Waals surface area (Å²) < 4.78 is 0. The summed E-state index contributed by atoms with van der Waals surface area (Å²) >= 11 is 1.80. The average molecular weight is 280 g/mol. The van der Waals surface area contributed by atoms with Crippen LogP contribution in [0.5, 0.6) is 0 Å². The van der Waals surface area contributed by atoms with Gasteiger partial charge in [0.1, 0.15) is 0 Å². The van der Waals surface area contributed by atoms with Crippen molar-refractivity contribution in [3.05, 3.63) is 11.1 Å². The second-order valence-corrected chi connectivity index (χ2v) is 6.41. The maximum atomic E-state index is 4.78. The first kappa shape index (κ1) is 13.3. The lowest BCUT2D eigenvalue weighted by molar-refractivity contribution is 0.231. The van der Waals surface area contributed by atoms with E-state index in [-0.39, 0.29) is 0 Å². The third kappa shape index (κ3) is 3.09. The fourth-order valence-corrected chi connectivity index (χ4v) is 3.94. The van der Waals surface area contributed by atoms with Crippen LogP contribution < -0.4 is 10.2 Å². The second-order valence-electron chi connectivity index (χ2n) is 5.58. The molecule has 2 aliphatic rings. The molecule has 1 N–H and O–H groups in total. The molecule has 3 rings (SSSR count). The predicted octanol–water partition coefficient (Wildman–Crippen LogP) is 1.93. The van der Waals surface area contributed by atoms with Crippen LogP contribution in [0, 0.1) is 0 Å². The van der Waals surface area contributed by atoms with Gasteiger partial charge >= 0.3 is 0 Å². The van der Waals surface area contributed by atoms with E-state index in [0.717, 1.165) is 25.7 Å². The quantitative estimate of drug-likeness (QED) is 0.835. The predicted molar refractivity (Wildman–Crippen MR) is 80.9 cm³/mol. The fourth-order valence-electron chi connectivity index (χ4n) is 3.08. The van der Waals surface area contributed by atoms with Crippen molar-refractivity contribution in [1.29, 1.82) is 0 Å². The minimum atomic E-state index is 0.777. The van der Waals surface area contributed by atoms with Crippen molar-refractivity contribution >= 4 is 16.5 Å². The van der Waals surface area contributed by atoms with Gasteiger partial charge in [-0.2, -0.15) is 0 Å². The zero-order valence-corrected chi connectivity index (χ0v) is 12.6. The lowest BCUT2D eigenvalue weighted by Gasteiger charge is -2.37. The van der Waals surface area contributed by atoms with E-state index in [2.05, 4.69) is 27.4 Å². The Hall–Kier alpha value is -0.650. The first-order chi connectivity index (χ1) is 9.36. The highest BCUT2D eigenvalue weighted by atomic mass is 32.1. The topological polar surface area (TPSA) is 31.4 Å². The van der Waals surface area contributed by atoms with Gasteiger partial charge < -0.3 is 10.2 Å². The molecule has 1 aromatic rings. The molecule has 3 heterocycles. The van der Waals surface area contributed by atoms with E-state index in [1.807, 2.05) is 0 Å². The Balaban J connectivity index is 1.56. The zero-order chi connectivity index (χ0) is 13.1. The molecule has 2 fully saturated rings. The Labute approximate surface area is 119 Å². The minimum Gasteiger partial charge on any atom is -0.345 e. The normalized spacial score (nSPS) is 23.8. The van der Waals surface area contributed by atoms with Crippen molar-refractivity contribution in [2.75, 3.05) is 37.6 Å². The van der Waals surface area contributed by atoms with Crippen LogP contribution in [0.25, 0.3) is 0 Å². The van der Waals surface area contributed by atoms with Crippen LogP contribution >= 0.6 is 11.3 Å². The molecule has 0 aliphatic carbocycles. The van der Waals surface area contributed by atoms with E-state index in [1.165, 1.54) is 49.7 Å². The van der Waals surface area contributed by atoms with E-state index in [1.54, 1.807) is 11.3 Å². The molecule has 1 unspecified atom stereocenters. The summed E-state index contributed by atoms with van der Waals surface area (Å²) in [5, 5.41) is 6.85. The number of hydrogen-bond acceptors (Lipinski definition) is 5. The Bertz CT molecular complexity index is 406. The molecule has 106 valence electrons. The molecule has 2 aliphatic heterocycles. The molecule has 2 saturated heterocycles. The van der Waals surface area contributed by atoms with Crippen molar-refractivity contribution in [1.82, 2.24) is 15.2 Å². The number of aromatic nitrogens is 1. The SMILES string of the molecule is CCCNCc1csc(N2CCN3CCCC3C2)n1. The lowest BCUT2D eigenvalue weighted by atomic mass is 10.2. The van der Waals surface area contributed by atoms with Crippen LogP contribution in [0.2, 0.25) is 0 Å². The van der Waals surface area contributed by atoms with Crippen molar-refractivity contribution in [2.24, 2.45) is 0 Å². The number of nitrogens with zero attached hydrogens (tertiary/aromatic N) is 3. The first-order valence-corrected chi connectivity index (χ1v) is 8.39. The molecule has 1 aromatic heterocycles. The molecule has 5 heteroatoms. The van der Waals surface area contributed by atoms with E-state index < -0.39 is 0 Å². The number of fused-ring (bicyclic) bond motifs is 1. The number of hydrogen-bond donors (Lipinski definition) is 1. The standard InChI is InChI=1S/C14H24N4S/c1-2-5-15-9-12-11-19-14(16-12)18-8-7-17-6-3-4-13(17)10-18/h11,13,15H,2-10H2,1H3. The summed E-state index contributed by atoms with van der Waals surface area (Å²) in [5.74, 6) is 0. The van der Waals surface area contributed by atoms with E-state index in [0.29, 0.717) is 0 Å². The highest BCUT2D eigenvalue weighted by Gasteiger charge is 2.31. The smallest absolute Gasteiger partial charge is 0.185 e. The van der Waals surface area contributed by atoms with Gasteiger partial charge in [0, 0.05) is 37.6 Å². The number of rotatable bonds is 5. The highest BCUT2D eigenvalue weighted by Crippen LogP contribution is 2.27. The second kappa shape index (κ2) is 6.20. The van der Waals surface area contributed by atoms with Gasteiger partial charge in [0.2, 0.25) is 0 Å². The van der Waals surface area contributed by atoms with Gasteiger partial charge in [-0.1, -0.05) is 6.92 Å². The summed E-state index contributed by atoms with van der Waals surface area (Å²) in [4.78, 5) is 9.92. The summed E-state index contributed by atoms with van der Waals surface area (Å²) in [7, 11) is 0. The Morgan fingerprint density at radius 1 is 1.42 bits per heavy atom. The molecular weight excluding hydrogens is 256 g/mol. The largest absolute Gasteiger partial charge is 0.345 e. The molecule has 0 radical (unpaired) electrons. The Kier molecular flexibility index (Phi) is 4.35. The van der Waals surface area contributed by atoms with Gasteiger partial charge in [-0.25, -0.2) is 4.98 Å². The summed E-state index contributed by atoms with van der Waals surface area (Å²) in [5.41, 5.74) is 1.20. The zero-order valence-electron chi connectivity index (χ0n) is 11.8. The van der Waals surface area contributed by atoms with Crippen molar-refractivity contribution in [3.8, 4) is 0 Å². The number of thiazole rings is 1. The van der Waals surface area contributed by atoms with Crippen molar-refractivity contribution < 1.29 is 0 Å². The molecule has 0 amide bonds. The van der Waals surface area contributed by atoms with Crippen molar-refractivity contribution in [3.63, 3.8) is 0 Å². The molecule has 1 atom stereocenters. The Morgan fingerprint density at radius 3 is 3.26 bits per heavy atom. The van der Waals surface area contributed by atoms with Gasteiger partial charge in [0.05, 0.1) is 5.69 Å². The Morgan fingerprint density at radius 2 is 2.37 bits per heavy atom. The van der Waals surface area contributed by atoms with Crippen LogP contribution in [0.3, 0.4) is 0 Å².